The first-order valence-corrected chi connectivity index (χ1v) is 10.8. The van der Waals surface area contributed by atoms with Gasteiger partial charge in [-0.3, -0.25) is 9.52 Å². The van der Waals surface area contributed by atoms with Crippen molar-refractivity contribution in [3.63, 3.8) is 0 Å². The van der Waals surface area contributed by atoms with Crippen molar-refractivity contribution in [2.45, 2.75) is 32.7 Å². The third kappa shape index (κ3) is 6.98. The molecule has 0 bridgehead atoms. The van der Waals surface area contributed by atoms with Gasteiger partial charge in [-0.25, -0.2) is 17.2 Å². The zero-order valence-electron chi connectivity index (χ0n) is 16.7. The average molecular weight is 422 g/mol. The van der Waals surface area contributed by atoms with Crippen molar-refractivity contribution in [2.24, 2.45) is 0 Å². The highest BCUT2D eigenvalue weighted by Gasteiger charge is 2.14. The molecule has 0 saturated heterocycles. The van der Waals surface area contributed by atoms with E-state index in [9.17, 15) is 22.0 Å². The van der Waals surface area contributed by atoms with Crippen molar-refractivity contribution in [1.82, 2.24) is 5.32 Å². The maximum Gasteiger partial charge on any atom is 0.244 e. The van der Waals surface area contributed by atoms with Crippen LogP contribution < -0.4 is 10.0 Å². The Kier molecular flexibility index (Phi) is 6.79. The van der Waals surface area contributed by atoms with Gasteiger partial charge < -0.3 is 5.32 Å². The third-order valence-corrected chi connectivity index (χ3v) is 4.68. The molecule has 29 heavy (non-hydrogen) atoms. The molecule has 0 aliphatic heterocycles. The summed E-state index contributed by atoms with van der Waals surface area (Å²) >= 11 is 0. The number of amides is 1. The Labute approximate surface area is 169 Å². The highest BCUT2D eigenvalue weighted by molar-refractivity contribution is 7.92. The van der Waals surface area contributed by atoms with Crippen LogP contribution in [0.3, 0.4) is 0 Å². The SMILES string of the molecule is CC(C)(C)c1ccc(C=CC(=O)NCc2cc(F)c(NS(C)(=O)=O)cc2F)cc1. The van der Waals surface area contributed by atoms with Gasteiger partial charge in [0, 0.05) is 24.3 Å². The Morgan fingerprint density at radius 3 is 2.24 bits per heavy atom. The second-order valence-corrected chi connectivity index (χ2v) is 9.47. The fourth-order valence-corrected chi connectivity index (χ4v) is 3.06. The number of anilines is 1. The summed E-state index contributed by atoms with van der Waals surface area (Å²) in [6.45, 7) is 6.08. The first-order valence-electron chi connectivity index (χ1n) is 8.87. The van der Waals surface area contributed by atoms with E-state index in [2.05, 4.69) is 26.1 Å². The Bertz CT molecular complexity index is 1030. The third-order valence-electron chi connectivity index (χ3n) is 4.09. The predicted molar refractivity (Wildman–Crippen MR) is 111 cm³/mol. The summed E-state index contributed by atoms with van der Waals surface area (Å²) < 4.78 is 52.2. The van der Waals surface area contributed by atoms with Gasteiger partial charge in [-0.1, -0.05) is 45.0 Å². The molecular weight excluding hydrogens is 398 g/mol. The van der Waals surface area contributed by atoms with Gasteiger partial charge in [-0.05, 0) is 28.7 Å². The first kappa shape index (κ1) is 22.5. The molecule has 1 amide bonds. The fourth-order valence-electron chi connectivity index (χ4n) is 2.51. The van der Waals surface area contributed by atoms with Crippen LogP contribution in [0, 0.1) is 11.6 Å². The number of carbonyl (C=O) groups excluding carboxylic acids is 1. The van der Waals surface area contributed by atoms with Gasteiger partial charge >= 0.3 is 0 Å². The van der Waals surface area contributed by atoms with Crippen LogP contribution in [0.2, 0.25) is 0 Å². The van der Waals surface area contributed by atoms with Crippen LogP contribution in [-0.4, -0.2) is 20.6 Å². The number of halogens is 2. The molecule has 8 heteroatoms. The molecule has 0 aromatic heterocycles. The summed E-state index contributed by atoms with van der Waals surface area (Å²) in [4.78, 5) is 12.0. The first-order chi connectivity index (χ1) is 13.3. The van der Waals surface area contributed by atoms with Crippen LogP contribution in [0.4, 0.5) is 14.5 Å². The summed E-state index contributed by atoms with van der Waals surface area (Å²) in [6.07, 6.45) is 3.76. The zero-order chi connectivity index (χ0) is 21.8. The number of benzene rings is 2. The number of hydrogen-bond donors (Lipinski definition) is 2. The molecule has 0 atom stereocenters. The van der Waals surface area contributed by atoms with Crippen LogP contribution in [0.5, 0.6) is 0 Å². The Morgan fingerprint density at radius 2 is 1.69 bits per heavy atom. The van der Waals surface area contributed by atoms with Gasteiger partial charge in [0.05, 0.1) is 11.9 Å². The van der Waals surface area contributed by atoms with Crippen molar-refractivity contribution in [3.8, 4) is 0 Å². The van der Waals surface area contributed by atoms with Gasteiger partial charge in [0.15, 0.2) is 0 Å². The van der Waals surface area contributed by atoms with E-state index in [1.165, 1.54) is 11.6 Å². The molecule has 0 fully saturated rings. The van der Waals surface area contributed by atoms with Gasteiger partial charge in [-0.2, -0.15) is 0 Å². The molecule has 0 aliphatic rings. The van der Waals surface area contributed by atoms with Crippen molar-refractivity contribution in [2.75, 3.05) is 11.0 Å². The number of carbonyl (C=O) groups is 1. The summed E-state index contributed by atoms with van der Waals surface area (Å²) in [5.74, 6) is -2.24. The van der Waals surface area contributed by atoms with Crippen molar-refractivity contribution in [1.29, 1.82) is 0 Å². The van der Waals surface area contributed by atoms with Crippen LogP contribution in [-0.2, 0) is 26.8 Å². The number of nitrogens with one attached hydrogen (secondary N) is 2. The maximum absolute atomic E-state index is 14.1. The molecule has 2 N–H and O–H groups in total. The Balaban J connectivity index is 2.00. The van der Waals surface area contributed by atoms with Gasteiger partial charge in [0.2, 0.25) is 15.9 Å². The van der Waals surface area contributed by atoms with Crippen molar-refractivity contribution in [3.05, 3.63) is 70.8 Å². The van der Waals surface area contributed by atoms with E-state index in [1.807, 2.05) is 29.0 Å². The topological polar surface area (TPSA) is 75.3 Å². The van der Waals surface area contributed by atoms with Crippen LogP contribution in [0.25, 0.3) is 6.08 Å². The Hall–Kier alpha value is -2.74. The van der Waals surface area contributed by atoms with Gasteiger partial charge in [0.25, 0.3) is 0 Å². The maximum atomic E-state index is 14.1. The average Bonchev–Trinajstić information content (AvgIpc) is 2.60. The minimum atomic E-state index is -3.74. The zero-order valence-corrected chi connectivity index (χ0v) is 17.5. The van der Waals surface area contributed by atoms with E-state index in [0.717, 1.165) is 24.0 Å². The molecule has 2 aromatic rings. The lowest BCUT2D eigenvalue weighted by atomic mass is 9.87. The molecule has 0 aliphatic carbocycles. The second-order valence-electron chi connectivity index (χ2n) is 7.72. The minimum absolute atomic E-state index is 0.0331. The highest BCUT2D eigenvalue weighted by Crippen LogP contribution is 2.22. The van der Waals surface area contributed by atoms with Crippen molar-refractivity contribution >= 4 is 27.7 Å². The fraction of sp³-hybridized carbons (Fsp3) is 0.286. The van der Waals surface area contributed by atoms with E-state index >= 15 is 0 Å². The highest BCUT2D eigenvalue weighted by atomic mass is 32.2. The normalized spacial score (nSPS) is 12.2. The molecule has 0 unspecified atom stereocenters. The standard InChI is InChI=1S/C21H24F2N2O3S/c1-21(2,3)16-8-5-14(6-9-16)7-10-20(26)24-13-15-11-18(23)19(12-17(15)22)25-29(4,27)28/h5-12,25H,13H2,1-4H3,(H,24,26). The molecule has 5 nitrogen and oxygen atoms in total. The number of hydrogen-bond acceptors (Lipinski definition) is 3. The monoisotopic (exact) mass is 422 g/mol. The predicted octanol–water partition coefficient (Wildman–Crippen LogP) is 3.96. The molecule has 0 radical (unpaired) electrons. The number of rotatable bonds is 6. The largest absolute Gasteiger partial charge is 0.348 e. The quantitative estimate of drug-likeness (QED) is 0.692. The van der Waals surface area contributed by atoms with Crippen LogP contribution in [0.15, 0.2) is 42.5 Å². The van der Waals surface area contributed by atoms with Crippen LogP contribution >= 0.6 is 0 Å². The van der Waals surface area contributed by atoms with Gasteiger partial charge in [0.1, 0.15) is 11.6 Å². The van der Waals surface area contributed by atoms with E-state index in [0.29, 0.717) is 0 Å². The molecular formula is C21H24F2N2O3S. The van der Waals surface area contributed by atoms with E-state index < -0.39 is 33.3 Å². The molecule has 0 saturated carbocycles. The summed E-state index contributed by atoms with van der Waals surface area (Å²) in [5.41, 5.74) is 1.45. The molecule has 0 heterocycles. The van der Waals surface area contributed by atoms with E-state index in [1.54, 1.807) is 6.08 Å². The van der Waals surface area contributed by atoms with Crippen molar-refractivity contribution < 1.29 is 22.0 Å². The molecule has 2 rings (SSSR count). The van der Waals surface area contributed by atoms with Crippen LogP contribution in [0.1, 0.15) is 37.5 Å². The smallest absolute Gasteiger partial charge is 0.244 e. The molecule has 156 valence electrons. The molecule has 0 spiro atoms. The van der Waals surface area contributed by atoms with E-state index in [4.69, 9.17) is 0 Å². The second kappa shape index (κ2) is 8.73. The lowest BCUT2D eigenvalue weighted by Crippen LogP contribution is -2.21. The number of sulfonamides is 1. The Morgan fingerprint density at radius 1 is 1.07 bits per heavy atom. The van der Waals surface area contributed by atoms with Gasteiger partial charge in [-0.15, -0.1) is 0 Å². The lowest BCUT2D eigenvalue weighted by Gasteiger charge is -2.18. The summed E-state index contributed by atoms with van der Waals surface area (Å²) in [7, 11) is -3.74. The minimum Gasteiger partial charge on any atom is -0.348 e. The van der Waals surface area contributed by atoms with E-state index in [-0.39, 0.29) is 17.5 Å². The summed E-state index contributed by atoms with van der Waals surface area (Å²) in [5, 5.41) is 2.47. The lowest BCUT2D eigenvalue weighted by molar-refractivity contribution is -0.116. The molecule has 2 aromatic carbocycles. The summed E-state index contributed by atoms with van der Waals surface area (Å²) in [6, 6.07) is 9.35.